The first-order valence-electron chi connectivity index (χ1n) is 13.4. The third kappa shape index (κ3) is 9.84. The van der Waals surface area contributed by atoms with Crippen LogP contribution in [0, 0.1) is 23.3 Å². The minimum Gasteiger partial charge on any atom is -0.414 e. The third-order valence-corrected chi connectivity index (χ3v) is 18.2. The van der Waals surface area contributed by atoms with Gasteiger partial charge in [-0.1, -0.05) is 81.0 Å². The van der Waals surface area contributed by atoms with Crippen molar-refractivity contribution >= 4 is 24.7 Å². The molecule has 0 saturated heterocycles. The van der Waals surface area contributed by atoms with Crippen molar-refractivity contribution in [3.63, 3.8) is 0 Å². The summed E-state index contributed by atoms with van der Waals surface area (Å²) in [5.41, 5.74) is 3.38. The SMILES string of the molecule is CC[Si](CC)(CC)O[C@H](C)[C@@H](C)[C@H](O[Si](C)(C)C(C)(C)C)[C@H](C)[C@@H](O)[C@H](C#C[Si](C)(C)C)OC. The van der Waals surface area contributed by atoms with E-state index in [0.717, 1.165) is 18.1 Å². The van der Waals surface area contributed by atoms with Crippen molar-refractivity contribution in [2.24, 2.45) is 11.8 Å². The molecule has 0 aliphatic heterocycles. The fourth-order valence-corrected chi connectivity index (χ4v) is 9.06. The van der Waals surface area contributed by atoms with Gasteiger partial charge in [0.2, 0.25) is 0 Å². The van der Waals surface area contributed by atoms with Crippen LogP contribution < -0.4 is 0 Å². The third-order valence-electron chi connectivity index (χ3n) is 8.07. The molecule has 202 valence electrons. The van der Waals surface area contributed by atoms with Gasteiger partial charge in [-0.05, 0) is 43.2 Å². The molecule has 0 unspecified atom stereocenters. The topological polar surface area (TPSA) is 47.9 Å². The monoisotopic (exact) mass is 530 g/mol. The van der Waals surface area contributed by atoms with Crippen LogP contribution in [0.1, 0.15) is 62.3 Å². The first kappa shape index (κ1) is 34.1. The van der Waals surface area contributed by atoms with Crippen LogP contribution in [0.2, 0.25) is 55.9 Å². The second kappa shape index (κ2) is 13.6. The van der Waals surface area contributed by atoms with Crippen molar-refractivity contribution < 1.29 is 18.7 Å². The van der Waals surface area contributed by atoms with Gasteiger partial charge < -0.3 is 18.7 Å². The van der Waals surface area contributed by atoms with Gasteiger partial charge in [0.1, 0.15) is 14.2 Å². The van der Waals surface area contributed by atoms with Gasteiger partial charge in [-0.25, -0.2) is 0 Å². The quantitative estimate of drug-likeness (QED) is 0.200. The Bertz CT molecular complexity index is 645. The van der Waals surface area contributed by atoms with Crippen LogP contribution in [0.4, 0.5) is 0 Å². The highest BCUT2D eigenvalue weighted by atomic mass is 28.4. The summed E-state index contributed by atoms with van der Waals surface area (Å²) in [5.74, 6) is 3.24. The van der Waals surface area contributed by atoms with Crippen molar-refractivity contribution in [1.29, 1.82) is 0 Å². The zero-order chi connectivity index (χ0) is 27.1. The van der Waals surface area contributed by atoms with E-state index in [0.29, 0.717) is 0 Å². The van der Waals surface area contributed by atoms with Crippen LogP contribution in [0.3, 0.4) is 0 Å². The summed E-state index contributed by atoms with van der Waals surface area (Å²) in [7, 11) is -3.78. The average molecular weight is 531 g/mol. The maximum atomic E-state index is 11.4. The molecule has 0 aromatic rings. The summed E-state index contributed by atoms with van der Waals surface area (Å²) >= 11 is 0. The molecule has 0 fully saturated rings. The number of aliphatic hydroxyl groups is 1. The number of hydrogen-bond acceptors (Lipinski definition) is 4. The first-order valence-corrected chi connectivity index (χ1v) is 22.3. The molecule has 0 aromatic carbocycles. The molecule has 0 saturated carbocycles. The minimum atomic E-state index is -2.09. The van der Waals surface area contributed by atoms with E-state index in [2.05, 4.69) is 107 Å². The smallest absolute Gasteiger partial charge is 0.192 e. The lowest BCUT2D eigenvalue weighted by molar-refractivity contribution is -0.0675. The summed E-state index contributed by atoms with van der Waals surface area (Å²) in [5, 5.41) is 11.5. The van der Waals surface area contributed by atoms with E-state index in [9.17, 15) is 5.11 Å². The van der Waals surface area contributed by atoms with Crippen LogP contribution in [-0.4, -0.2) is 61.3 Å². The normalized spacial score (nSPS) is 18.9. The van der Waals surface area contributed by atoms with Crippen LogP contribution in [0.15, 0.2) is 0 Å². The zero-order valence-corrected chi connectivity index (χ0v) is 28.3. The van der Waals surface area contributed by atoms with Crippen LogP contribution in [-0.2, 0) is 13.6 Å². The van der Waals surface area contributed by atoms with E-state index in [1.54, 1.807) is 7.11 Å². The average Bonchev–Trinajstić information content (AvgIpc) is 2.73. The molecule has 0 aromatic heterocycles. The summed E-state index contributed by atoms with van der Waals surface area (Å²) < 4.78 is 19.6. The zero-order valence-electron chi connectivity index (χ0n) is 25.3. The molecule has 0 amide bonds. The molecule has 4 nitrogen and oxygen atoms in total. The molecule has 1 N–H and O–H groups in total. The molecule has 0 radical (unpaired) electrons. The van der Waals surface area contributed by atoms with Gasteiger partial charge in [-0.15, -0.1) is 5.54 Å². The van der Waals surface area contributed by atoms with Gasteiger partial charge in [-0.3, -0.25) is 0 Å². The van der Waals surface area contributed by atoms with Gasteiger partial charge in [0, 0.05) is 25.0 Å². The molecule has 6 atom stereocenters. The Morgan fingerprint density at radius 2 is 1.29 bits per heavy atom. The predicted octanol–water partition coefficient (Wildman–Crippen LogP) is 7.32. The van der Waals surface area contributed by atoms with Gasteiger partial charge >= 0.3 is 0 Å². The lowest BCUT2D eigenvalue weighted by Crippen LogP contribution is -2.53. The Kier molecular flexibility index (Phi) is 13.6. The van der Waals surface area contributed by atoms with Gasteiger partial charge in [0.05, 0.1) is 12.2 Å². The Labute approximate surface area is 216 Å². The summed E-state index contributed by atoms with van der Waals surface area (Å²) in [6, 6.07) is 3.38. The standard InChI is InChI=1S/C27H58O4Si3/c1-16-34(17-2,18-3)30-23(6)21(4)26(31-33(14,15)27(7,8)9)22(5)25(28)24(29-10)19-20-32(11,12)13/h21-26,28H,16-18H2,1-15H3/t21-,22-,23-,24+,25-,26+/m1/s1. The maximum Gasteiger partial charge on any atom is 0.192 e. The fraction of sp³-hybridized carbons (Fsp3) is 0.926. The number of hydrogen-bond donors (Lipinski definition) is 1. The number of aliphatic hydroxyl groups excluding tert-OH is 1. The Morgan fingerprint density at radius 1 is 0.824 bits per heavy atom. The van der Waals surface area contributed by atoms with Gasteiger partial charge in [-0.2, -0.15) is 0 Å². The molecule has 0 bridgehead atoms. The minimum absolute atomic E-state index is 0.0602. The summed E-state index contributed by atoms with van der Waals surface area (Å²) in [6.45, 7) is 31.3. The summed E-state index contributed by atoms with van der Waals surface area (Å²) in [6.07, 6.45) is -1.34. The van der Waals surface area contributed by atoms with Crippen LogP contribution in [0.25, 0.3) is 0 Å². The molecule has 0 spiro atoms. The highest BCUT2D eigenvalue weighted by molar-refractivity contribution is 6.83. The van der Waals surface area contributed by atoms with Crippen LogP contribution >= 0.6 is 0 Å². The highest BCUT2D eigenvalue weighted by Crippen LogP contribution is 2.41. The van der Waals surface area contributed by atoms with E-state index in [1.165, 1.54) is 0 Å². The number of ether oxygens (including phenoxy) is 1. The van der Waals surface area contributed by atoms with Crippen LogP contribution in [0.5, 0.6) is 0 Å². The van der Waals surface area contributed by atoms with Gasteiger partial charge in [0.25, 0.3) is 0 Å². The molecule has 0 rings (SSSR count). The van der Waals surface area contributed by atoms with E-state index in [-0.39, 0.29) is 29.1 Å². The number of methoxy groups -OCH3 is 1. The number of rotatable bonds is 13. The molecular weight excluding hydrogens is 473 g/mol. The molecule has 34 heavy (non-hydrogen) atoms. The summed E-state index contributed by atoms with van der Waals surface area (Å²) in [4.78, 5) is 0. The lowest BCUT2D eigenvalue weighted by Gasteiger charge is -2.46. The van der Waals surface area contributed by atoms with Crippen molar-refractivity contribution in [2.75, 3.05) is 7.11 Å². The maximum absolute atomic E-state index is 11.4. The molecular formula is C27H58O4Si3. The van der Waals surface area contributed by atoms with E-state index >= 15 is 0 Å². The van der Waals surface area contributed by atoms with E-state index < -0.39 is 36.9 Å². The first-order chi connectivity index (χ1) is 15.3. The Morgan fingerprint density at radius 3 is 1.65 bits per heavy atom. The van der Waals surface area contributed by atoms with Crippen molar-refractivity contribution in [3.05, 3.63) is 0 Å². The lowest BCUT2D eigenvalue weighted by atomic mass is 9.85. The van der Waals surface area contributed by atoms with Gasteiger partial charge in [0.15, 0.2) is 16.6 Å². The van der Waals surface area contributed by atoms with Crippen molar-refractivity contribution in [1.82, 2.24) is 0 Å². The second-order valence-electron chi connectivity index (χ2n) is 12.8. The second-order valence-corrected chi connectivity index (χ2v) is 27.0. The molecule has 0 aliphatic carbocycles. The Hall–Kier alpha value is 0.0506. The van der Waals surface area contributed by atoms with Crippen molar-refractivity contribution in [2.45, 2.75) is 143 Å². The Balaban J connectivity index is 6.18. The largest absolute Gasteiger partial charge is 0.414 e. The molecule has 7 heteroatoms. The fourth-order valence-electron chi connectivity index (χ4n) is 4.02. The highest BCUT2D eigenvalue weighted by Gasteiger charge is 2.45. The predicted molar refractivity (Wildman–Crippen MR) is 156 cm³/mol. The van der Waals surface area contributed by atoms with E-state index in [4.69, 9.17) is 13.6 Å². The molecule has 0 heterocycles. The van der Waals surface area contributed by atoms with E-state index in [1.807, 2.05) is 0 Å². The molecule has 0 aliphatic rings. The van der Waals surface area contributed by atoms with Crippen molar-refractivity contribution in [3.8, 4) is 11.5 Å².